The second kappa shape index (κ2) is 15.3. The number of nitrogens with zero attached hydrogens (tertiary/aromatic N) is 3. The van der Waals surface area contributed by atoms with E-state index in [9.17, 15) is 19.7 Å². The quantitative estimate of drug-likeness (QED) is 0.164. The average Bonchev–Trinajstić information content (AvgIpc) is 3.02. The molecule has 3 aromatic rings. The number of dihydropyridines is 1. The predicted molar refractivity (Wildman–Crippen MR) is 154 cm³/mol. The molecule has 224 valence electrons. The summed E-state index contributed by atoms with van der Waals surface area (Å²) < 4.78 is 22.7. The number of rotatable bonds is 14. The maximum Gasteiger partial charge on any atom is 0.336 e. The molecule has 12 nitrogen and oxygen atoms in total. The summed E-state index contributed by atoms with van der Waals surface area (Å²) >= 11 is 0. The van der Waals surface area contributed by atoms with Gasteiger partial charge in [-0.3, -0.25) is 20.1 Å². The SMILES string of the molecule is CCOC(=O)C1=C(COCc2cccnc2)NC(COCc2cccnc2)=C(C(=O)OCC)C1c1ccccc1[N+](=O)[O-]. The van der Waals surface area contributed by atoms with Gasteiger partial charge in [-0.15, -0.1) is 0 Å². The summed E-state index contributed by atoms with van der Waals surface area (Å²) in [4.78, 5) is 46.9. The van der Waals surface area contributed by atoms with Gasteiger partial charge >= 0.3 is 11.9 Å². The summed E-state index contributed by atoms with van der Waals surface area (Å²) in [5.41, 5.74) is 2.00. The van der Waals surface area contributed by atoms with Crippen LogP contribution < -0.4 is 5.32 Å². The van der Waals surface area contributed by atoms with Gasteiger partial charge in [-0.25, -0.2) is 9.59 Å². The highest BCUT2D eigenvalue weighted by Gasteiger charge is 2.42. The third-order valence-corrected chi connectivity index (χ3v) is 6.44. The molecule has 0 amide bonds. The molecule has 4 rings (SSSR count). The summed E-state index contributed by atoms with van der Waals surface area (Å²) in [6.07, 6.45) is 6.60. The Kier molecular flexibility index (Phi) is 11.1. The van der Waals surface area contributed by atoms with E-state index in [0.717, 1.165) is 11.1 Å². The number of ether oxygens (including phenoxy) is 4. The maximum absolute atomic E-state index is 13.6. The summed E-state index contributed by atoms with van der Waals surface area (Å²) in [5, 5.41) is 15.3. The summed E-state index contributed by atoms with van der Waals surface area (Å²) in [6, 6.07) is 13.2. The topological polar surface area (TPSA) is 152 Å². The monoisotopic (exact) mass is 588 g/mol. The highest BCUT2D eigenvalue weighted by molar-refractivity contribution is 6.00. The molecule has 12 heteroatoms. The van der Waals surface area contributed by atoms with E-state index in [-0.39, 0.29) is 73.4 Å². The maximum atomic E-state index is 13.6. The van der Waals surface area contributed by atoms with Crippen LogP contribution in [0.4, 0.5) is 5.69 Å². The van der Waals surface area contributed by atoms with E-state index in [1.165, 1.54) is 18.2 Å². The van der Waals surface area contributed by atoms with Gasteiger partial charge in [-0.05, 0) is 37.1 Å². The third kappa shape index (κ3) is 7.87. The number of aromatic nitrogens is 2. The number of pyridine rings is 2. The van der Waals surface area contributed by atoms with Crippen molar-refractivity contribution in [2.45, 2.75) is 33.0 Å². The molecule has 0 fully saturated rings. The van der Waals surface area contributed by atoms with Crippen LogP contribution in [-0.2, 0) is 41.8 Å². The predicted octanol–water partition coefficient (Wildman–Crippen LogP) is 4.14. The van der Waals surface area contributed by atoms with E-state index in [1.54, 1.807) is 56.8 Å². The second-order valence-electron chi connectivity index (χ2n) is 9.31. The molecule has 0 aliphatic carbocycles. The molecule has 0 saturated heterocycles. The van der Waals surface area contributed by atoms with Crippen LogP contribution in [0, 0.1) is 10.1 Å². The van der Waals surface area contributed by atoms with E-state index in [1.807, 2.05) is 12.1 Å². The molecular weight excluding hydrogens is 556 g/mol. The Labute approximate surface area is 248 Å². The lowest BCUT2D eigenvalue weighted by Gasteiger charge is -2.32. The molecule has 2 aromatic heterocycles. The minimum atomic E-state index is -1.21. The number of nitro groups is 1. The number of carbonyl (C=O) groups is 2. The fraction of sp³-hybridized carbons (Fsp3) is 0.290. The smallest absolute Gasteiger partial charge is 0.336 e. The van der Waals surface area contributed by atoms with E-state index >= 15 is 0 Å². The van der Waals surface area contributed by atoms with Crippen molar-refractivity contribution < 1.29 is 33.5 Å². The van der Waals surface area contributed by atoms with Crippen molar-refractivity contribution in [1.82, 2.24) is 15.3 Å². The van der Waals surface area contributed by atoms with Crippen LogP contribution in [0.5, 0.6) is 0 Å². The second-order valence-corrected chi connectivity index (χ2v) is 9.31. The number of benzene rings is 1. The van der Waals surface area contributed by atoms with Gasteiger partial charge in [0.2, 0.25) is 0 Å². The third-order valence-electron chi connectivity index (χ3n) is 6.44. The van der Waals surface area contributed by atoms with Crippen molar-refractivity contribution in [2.75, 3.05) is 26.4 Å². The summed E-state index contributed by atoms with van der Waals surface area (Å²) in [5.74, 6) is -2.72. The molecule has 0 bridgehead atoms. The van der Waals surface area contributed by atoms with Gasteiger partial charge in [0.05, 0.1) is 73.0 Å². The van der Waals surface area contributed by atoms with E-state index in [4.69, 9.17) is 18.9 Å². The minimum absolute atomic E-state index is 0.00130. The zero-order valence-corrected chi connectivity index (χ0v) is 23.9. The molecule has 0 spiro atoms. The Morgan fingerprint density at radius 1 is 0.791 bits per heavy atom. The van der Waals surface area contributed by atoms with Crippen molar-refractivity contribution in [3.05, 3.63) is 123 Å². The van der Waals surface area contributed by atoms with Crippen molar-refractivity contribution >= 4 is 17.6 Å². The highest BCUT2D eigenvalue weighted by Crippen LogP contribution is 2.43. The van der Waals surface area contributed by atoms with Crippen LogP contribution in [0.15, 0.2) is 95.9 Å². The first-order valence-corrected chi connectivity index (χ1v) is 13.7. The fourth-order valence-electron chi connectivity index (χ4n) is 4.65. The Bertz CT molecular complexity index is 1410. The van der Waals surface area contributed by atoms with Gasteiger partial charge in [0.25, 0.3) is 5.69 Å². The first-order valence-electron chi connectivity index (χ1n) is 13.7. The van der Waals surface area contributed by atoms with Crippen LogP contribution in [0.1, 0.15) is 36.5 Å². The Hall–Kier alpha value is -4.94. The van der Waals surface area contributed by atoms with Gasteiger partial charge in [-0.1, -0.05) is 30.3 Å². The lowest BCUT2D eigenvalue weighted by atomic mass is 9.79. The van der Waals surface area contributed by atoms with Crippen LogP contribution in [0.2, 0.25) is 0 Å². The minimum Gasteiger partial charge on any atom is -0.463 e. The molecule has 1 aromatic carbocycles. The molecule has 3 heterocycles. The van der Waals surface area contributed by atoms with Crippen molar-refractivity contribution in [1.29, 1.82) is 0 Å². The number of hydrogen-bond acceptors (Lipinski definition) is 11. The van der Waals surface area contributed by atoms with E-state index in [2.05, 4.69) is 15.3 Å². The molecule has 43 heavy (non-hydrogen) atoms. The van der Waals surface area contributed by atoms with Crippen LogP contribution in [0.3, 0.4) is 0 Å². The van der Waals surface area contributed by atoms with E-state index in [0.29, 0.717) is 0 Å². The van der Waals surface area contributed by atoms with Crippen LogP contribution in [0.25, 0.3) is 0 Å². The zero-order chi connectivity index (χ0) is 30.6. The number of carbonyl (C=O) groups excluding carboxylic acids is 2. The van der Waals surface area contributed by atoms with Gasteiger partial charge < -0.3 is 24.3 Å². The molecule has 1 aliphatic rings. The molecule has 0 unspecified atom stereocenters. The van der Waals surface area contributed by atoms with Gasteiger partial charge in [0.1, 0.15) is 0 Å². The molecule has 0 atom stereocenters. The van der Waals surface area contributed by atoms with E-state index < -0.39 is 22.8 Å². The lowest BCUT2D eigenvalue weighted by molar-refractivity contribution is -0.385. The molecule has 0 radical (unpaired) electrons. The summed E-state index contributed by atoms with van der Waals surface area (Å²) in [6.45, 7) is 3.49. The van der Waals surface area contributed by atoms with Gasteiger partial charge in [0.15, 0.2) is 0 Å². The van der Waals surface area contributed by atoms with Crippen LogP contribution in [-0.4, -0.2) is 53.3 Å². The Morgan fingerprint density at radius 3 is 1.74 bits per heavy atom. The lowest BCUT2D eigenvalue weighted by Crippen LogP contribution is -2.37. The average molecular weight is 589 g/mol. The zero-order valence-electron chi connectivity index (χ0n) is 23.9. The largest absolute Gasteiger partial charge is 0.463 e. The number of hydrogen-bond donors (Lipinski definition) is 1. The molecule has 0 saturated carbocycles. The highest BCUT2D eigenvalue weighted by atomic mass is 16.6. The standard InChI is InChI=1S/C31H32N4O8/c1-3-42-30(36)28-24(19-40-17-21-9-7-13-32-15-21)34-25(20-41-18-22-10-8-14-33-16-22)29(31(37)43-4-2)27(28)23-11-5-6-12-26(23)35(38)39/h5-16,27,34H,3-4,17-20H2,1-2H3. The van der Waals surface area contributed by atoms with Crippen molar-refractivity contribution in [3.8, 4) is 0 Å². The normalized spacial score (nSPS) is 13.4. The number of esters is 2. The Balaban J connectivity index is 1.83. The van der Waals surface area contributed by atoms with Gasteiger partial charge in [0, 0.05) is 36.4 Å². The first-order chi connectivity index (χ1) is 20.9. The first kappa shape index (κ1) is 31.0. The van der Waals surface area contributed by atoms with Crippen LogP contribution >= 0.6 is 0 Å². The van der Waals surface area contributed by atoms with Gasteiger partial charge in [-0.2, -0.15) is 0 Å². The fourth-order valence-corrected chi connectivity index (χ4v) is 4.65. The molecular formula is C31H32N4O8. The number of nitrogens with one attached hydrogen (secondary N) is 1. The van der Waals surface area contributed by atoms with Crippen molar-refractivity contribution in [3.63, 3.8) is 0 Å². The summed E-state index contributed by atoms with van der Waals surface area (Å²) in [7, 11) is 0. The molecule has 1 aliphatic heterocycles. The Morgan fingerprint density at radius 2 is 1.30 bits per heavy atom. The molecule has 1 N–H and O–H groups in total. The van der Waals surface area contributed by atoms with Crippen molar-refractivity contribution in [2.24, 2.45) is 0 Å². The number of nitro benzene ring substituents is 1. The number of para-hydroxylation sites is 1.